The Kier molecular flexibility index (Phi) is 6.15. The van der Waals surface area contributed by atoms with Crippen molar-refractivity contribution in [1.29, 1.82) is 0 Å². The van der Waals surface area contributed by atoms with Crippen molar-refractivity contribution in [2.75, 3.05) is 12.4 Å². The lowest BCUT2D eigenvalue weighted by molar-refractivity contribution is 0.102. The molecule has 0 saturated carbocycles. The fourth-order valence-corrected chi connectivity index (χ4v) is 4.33. The van der Waals surface area contributed by atoms with Crippen molar-refractivity contribution in [3.63, 3.8) is 0 Å². The summed E-state index contributed by atoms with van der Waals surface area (Å²) in [6.07, 6.45) is 3.30. The Hall–Kier alpha value is -4.24. The Morgan fingerprint density at radius 1 is 1.09 bits per heavy atom. The summed E-state index contributed by atoms with van der Waals surface area (Å²) < 4.78 is 13.0. The van der Waals surface area contributed by atoms with Gasteiger partial charge in [0.05, 0.1) is 34.8 Å². The third kappa shape index (κ3) is 4.58. The summed E-state index contributed by atoms with van der Waals surface area (Å²) in [4.78, 5) is 23.7. The van der Waals surface area contributed by atoms with Crippen LogP contribution in [-0.2, 0) is 0 Å². The zero-order chi connectivity index (χ0) is 24.4. The number of ether oxygens (including phenoxy) is 2. The van der Waals surface area contributed by atoms with E-state index in [4.69, 9.17) is 14.5 Å². The summed E-state index contributed by atoms with van der Waals surface area (Å²) in [6.45, 7) is 4.06. The van der Waals surface area contributed by atoms with Crippen LogP contribution >= 0.6 is 11.3 Å². The molecule has 5 aromatic rings. The number of hydrogen-bond donors (Lipinski definition) is 1. The monoisotopic (exact) mass is 485 g/mol. The number of hydrogen-bond acceptors (Lipinski definition) is 7. The van der Waals surface area contributed by atoms with Crippen LogP contribution in [0, 0.1) is 0 Å². The number of pyridine rings is 2. The zero-order valence-electron chi connectivity index (χ0n) is 19.4. The van der Waals surface area contributed by atoms with Gasteiger partial charge in [-0.15, -0.1) is 11.3 Å². The minimum Gasteiger partial charge on any atom is -0.497 e. The van der Waals surface area contributed by atoms with Crippen LogP contribution < -0.4 is 14.8 Å². The molecule has 0 radical (unpaired) electrons. The second-order valence-electron chi connectivity index (χ2n) is 8.04. The number of fused-ring (bicyclic) bond motifs is 1. The molecule has 0 unspecified atom stereocenters. The number of carbonyl (C=O) groups excluding carboxylic acids is 1. The van der Waals surface area contributed by atoms with Gasteiger partial charge in [-0.25, -0.2) is 14.6 Å². The summed E-state index contributed by atoms with van der Waals surface area (Å²) in [7, 11) is 1.60. The molecule has 35 heavy (non-hydrogen) atoms. The quantitative estimate of drug-likeness (QED) is 0.296. The predicted molar refractivity (Wildman–Crippen MR) is 136 cm³/mol. The molecule has 1 aromatic carbocycles. The maximum atomic E-state index is 13.5. The second-order valence-corrected chi connectivity index (χ2v) is 8.99. The van der Waals surface area contributed by atoms with E-state index in [-0.39, 0.29) is 17.8 Å². The lowest BCUT2D eigenvalue weighted by Gasteiger charge is -2.13. The van der Waals surface area contributed by atoms with Crippen molar-refractivity contribution in [3.8, 4) is 28.0 Å². The molecule has 0 spiro atoms. The van der Waals surface area contributed by atoms with Gasteiger partial charge >= 0.3 is 0 Å². The highest BCUT2D eigenvalue weighted by molar-refractivity contribution is 7.13. The average molecular weight is 486 g/mol. The molecule has 4 heterocycles. The van der Waals surface area contributed by atoms with E-state index in [0.29, 0.717) is 28.0 Å². The number of carbonyl (C=O) groups is 1. The van der Waals surface area contributed by atoms with E-state index in [1.54, 1.807) is 73.3 Å². The molecule has 1 N–H and O–H groups in total. The normalized spacial score (nSPS) is 11.1. The first-order valence-corrected chi connectivity index (χ1v) is 11.9. The molecule has 176 valence electrons. The lowest BCUT2D eigenvalue weighted by Crippen LogP contribution is -2.14. The molecule has 0 saturated heterocycles. The van der Waals surface area contributed by atoms with E-state index in [0.717, 1.165) is 16.3 Å². The zero-order valence-corrected chi connectivity index (χ0v) is 20.2. The standard InChI is InChI=1S/C26H23N5O3S/c1-16(2)31-24-20(15-28-31)19(14-22(29-24)23-7-5-13-35-23)25(32)30-21-6-4-12-27-26(21)34-18-10-8-17(33-3)9-11-18/h4-16H,1-3H3,(H,30,32). The Bertz CT molecular complexity index is 1480. The molecule has 5 rings (SSSR count). The smallest absolute Gasteiger partial charge is 0.256 e. The fraction of sp³-hybridized carbons (Fsp3) is 0.154. The van der Waals surface area contributed by atoms with E-state index in [2.05, 4.69) is 15.4 Å². The van der Waals surface area contributed by atoms with Gasteiger partial charge in [0.2, 0.25) is 5.88 Å². The summed E-state index contributed by atoms with van der Waals surface area (Å²) >= 11 is 1.57. The van der Waals surface area contributed by atoms with Crippen LogP contribution in [0.3, 0.4) is 0 Å². The highest BCUT2D eigenvalue weighted by atomic mass is 32.1. The largest absolute Gasteiger partial charge is 0.497 e. The highest BCUT2D eigenvalue weighted by Crippen LogP contribution is 2.31. The molecule has 0 atom stereocenters. The van der Waals surface area contributed by atoms with Crippen LogP contribution in [0.5, 0.6) is 17.4 Å². The van der Waals surface area contributed by atoms with Crippen LogP contribution in [0.15, 0.2) is 72.4 Å². The number of nitrogens with one attached hydrogen (secondary N) is 1. The van der Waals surface area contributed by atoms with E-state index >= 15 is 0 Å². The maximum Gasteiger partial charge on any atom is 0.256 e. The summed E-state index contributed by atoms with van der Waals surface area (Å²) in [5.74, 6) is 1.28. The van der Waals surface area contributed by atoms with Crippen molar-refractivity contribution in [1.82, 2.24) is 19.7 Å². The number of benzene rings is 1. The molecule has 0 bridgehead atoms. The molecular formula is C26H23N5O3S. The second kappa shape index (κ2) is 9.55. The number of amides is 1. The number of nitrogens with zero attached hydrogens (tertiary/aromatic N) is 4. The molecule has 0 aliphatic heterocycles. The fourth-order valence-electron chi connectivity index (χ4n) is 3.65. The molecule has 0 aliphatic rings. The van der Waals surface area contributed by atoms with Crippen LogP contribution in [-0.4, -0.2) is 32.8 Å². The Morgan fingerprint density at radius 2 is 1.89 bits per heavy atom. The van der Waals surface area contributed by atoms with E-state index in [9.17, 15) is 4.79 Å². The summed E-state index contributed by atoms with van der Waals surface area (Å²) in [5.41, 5.74) is 2.31. The maximum absolute atomic E-state index is 13.5. The third-order valence-corrected chi connectivity index (χ3v) is 6.26. The molecule has 8 nitrogen and oxygen atoms in total. The first-order valence-electron chi connectivity index (χ1n) is 11.0. The predicted octanol–water partition coefficient (Wildman–Crippen LogP) is 6.19. The van der Waals surface area contributed by atoms with Gasteiger partial charge in [-0.05, 0) is 67.8 Å². The van der Waals surface area contributed by atoms with E-state index in [1.165, 1.54) is 0 Å². The highest BCUT2D eigenvalue weighted by Gasteiger charge is 2.20. The van der Waals surface area contributed by atoms with Gasteiger partial charge in [0.15, 0.2) is 5.65 Å². The van der Waals surface area contributed by atoms with Gasteiger partial charge in [-0.1, -0.05) is 6.07 Å². The molecule has 9 heteroatoms. The Labute approximate surface area is 206 Å². The SMILES string of the molecule is COc1ccc(Oc2ncccc2NC(=O)c2cc(-c3cccs3)nc3c2cnn3C(C)C)cc1. The van der Waals surface area contributed by atoms with E-state index in [1.807, 2.05) is 36.0 Å². The van der Waals surface area contributed by atoms with Crippen molar-refractivity contribution >= 4 is 34.0 Å². The molecule has 0 aliphatic carbocycles. The topological polar surface area (TPSA) is 91.2 Å². The average Bonchev–Trinajstić information content (AvgIpc) is 3.55. The Morgan fingerprint density at radius 3 is 2.60 bits per heavy atom. The number of anilines is 1. The van der Waals surface area contributed by atoms with Gasteiger partial charge in [0.25, 0.3) is 5.91 Å². The molecule has 0 fully saturated rings. The number of thiophene rings is 1. The minimum absolute atomic E-state index is 0.0947. The van der Waals surface area contributed by atoms with Gasteiger partial charge < -0.3 is 14.8 Å². The van der Waals surface area contributed by atoms with E-state index < -0.39 is 0 Å². The lowest BCUT2D eigenvalue weighted by atomic mass is 10.1. The molecule has 4 aromatic heterocycles. The van der Waals surface area contributed by atoms with Gasteiger partial charge in [0.1, 0.15) is 17.2 Å². The molecular weight excluding hydrogens is 462 g/mol. The van der Waals surface area contributed by atoms with Crippen molar-refractivity contribution < 1.29 is 14.3 Å². The van der Waals surface area contributed by atoms with Crippen molar-refractivity contribution in [3.05, 3.63) is 77.9 Å². The number of methoxy groups -OCH3 is 1. The first kappa shape index (κ1) is 22.5. The third-order valence-electron chi connectivity index (χ3n) is 5.37. The van der Waals surface area contributed by atoms with Crippen LogP contribution in [0.2, 0.25) is 0 Å². The summed E-state index contributed by atoms with van der Waals surface area (Å²) in [6, 6.07) is 16.5. The Balaban J connectivity index is 1.50. The number of aromatic nitrogens is 4. The minimum atomic E-state index is -0.300. The molecule has 1 amide bonds. The van der Waals surface area contributed by atoms with Gasteiger partial charge in [0, 0.05) is 12.2 Å². The first-order chi connectivity index (χ1) is 17.0. The van der Waals surface area contributed by atoms with Crippen LogP contribution in [0.25, 0.3) is 21.6 Å². The van der Waals surface area contributed by atoms with Gasteiger partial charge in [-0.3, -0.25) is 4.79 Å². The summed E-state index contributed by atoms with van der Waals surface area (Å²) in [5, 5.41) is 10.1. The van der Waals surface area contributed by atoms with Crippen molar-refractivity contribution in [2.45, 2.75) is 19.9 Å². The van der Waals surface area contributed by atoms with Gasteiger partial charge in [-0.2, -0.15) is 5.10 Å². The van der Waals surface area contributed by atoms with Crippen LogP contribution in [0.1, 0.15) is 30.2 Å². The van der Waals surface area contributed by atoms with Crippen LogP contribution in [0.4, 0.5) is 5.69 Å². The number of rotatable bonds is 7. The van der Waals surface area contributed by atoms with Crippen molar-refractivity contribution in [2.24, 2.45) is 0 Å².